The third-order valence-electron chi connectivity index (χ3n) is 3.19. The van der Waals surface area contributed by atoms with E-state index in [4.69, 9.17) is 23.2 Å². The maximum atomic E-state index is 10.1. The quantitative estimate of drug-likeness (QED) is 0.695. The molecule has 0 amide bonds. The molecular weight excluding hydrogens is 315 g/mol. The minimum atomic E-state index is -0.344. The summed E-state index contributed by atoms with van der Waals surface area (Å²) in [5, 5.41) is 39.3. The SMILES string of the molecule is OCc1cc(Cl)cc(Cc2cc(Cl)cc(CO)c2O)c1O. The first kappa shape index (κ1) is 15.9. The second-order valence-corrected chi connectivity index (χ2v) is 5.51. The van der Waals surface area contributed by atoms with Crippen molar-refractivity contribution in [3.8, 4) is 11.5 Å². The van der Waals surface area contributed by atoms with E-state index in [1.165, 1.54) is 12.1 Å². The van der Waals surface area contributed by atoms with Gasteiger partial charge in [0.25, 0.3) is 0 Å². The second-order valence-electron chi connectivity index (χ2n) is 4.64. The molecule has 0 unspecified atom stereocenters. The first-order chi connectivity index (χ1) is 9.96. The van der Waals surface area contributed by atoms with Gasteiger partial charge in [-0.15, -0.1) is 0 Å². The lowest BCUT2D eigenvalue weighted by Gasteiger charge is -2.12. The number of hydrogen-bond donors (Lipinski definition) is 4. The van der Waals surface area contributed by atoms with Crippen molar-refractivity contribution >= 4 is 23.2 Å². The Morgan fingerprint density at radius 3 is 1.33 bits per heavy atom. The number of benzene rings is 2. The Morgan fingerprint density at radius 2 is 1.00 bits per heavy atom. The van der Waals surface area contributed by atoms with Gasteiger partial charge in [0.2, 0.25) is 0 Å². The minimum absolute atomic E-state index is 0.0770. The molecule has 0 heterocycles. The van der Waals surface area contributed by atoms with Crippen LogP contribution in [0.3, 0.4) is 0 Å². The molecule has 6 heteroatoms. The van der Waals surface area contributed by atoms with Crippen LogP contribution in [-0.2, 0) is 19.6 Å². The zero-order valence-electron chi connectivity index (χ0n) is 11.0. The lowest BCUT2D eigenvalue weighted by atomic mass is 9.99. The molecule has 4 nitrogen and oxygen atoms in total. The van der Waals surface area contributed by atoms with Gasteiger partial charge in [-0.1, -0.05) is 23.2 Å². The highest BCUT2D eigenvalue weighted by Gasteiger charge is 2.14. The van der Waals surface area contributed by atoms with Crippen molar-refractivity contribution in [3.05, 3.63) is 56.6 Å². The van der Waals surface area contributed by atoms with E-state index in [2.05, 4.69) is 0 Å². The summed E-state index contributed by atoms with van der Waals surface area (Å²) in [4.78, 5) is 0. The standard InChI is InChI=1S/C15H14Cl2O4/c16-12-2-8(14(20)10(4-12)6-18)1-9-3-13(17)5-11(7-19)15(9)21/h2-5,18-21H,1,6-7H2. The summed E-state index contributed by atoms with van der Waals surface area (Å²) < 4.78 is 0. The lowest BCUT2D eigenvalue weighted by Crippen LogP contribution is -1.96. The van der Waals surface area contributed by atoms with E-state index in [1.807, 2.05) is 0 Å². The zero-order valence-corrected chi connectivity index (χ0v) is 12.5. The Labute approximate surface area is 131 Å². The highest BCUT2D eigenvalue weighted by Crippen LogP contribution is 2.34. The molecule has 0 spiro atoms. The molecule has 0 radical (unpaired) electrons. The fraction of sp³-hybridized carbons (Fsp3) is 0.200. The van der Waals surface area contributed by atoms with Crippen LogP contribution in [0.2, 0.25) is 10.0 Å². The predicted octanol–water partition coefficient (Wildman–Crippen LogP) is 2.98. The maximum absolute atomic E-state index is 10.1. The van der Waals surface area contributed by atoms with Crippen molar-refractivity contribution in [1.82, 2.24) is 0 Å². The lowest BCUT2D eigenvalue weighted by molar-refractivity contribution is 0.275. The molecule has 0 aliphatic heterocycles. The Hall–Kier alpha value is -1.46. The molecule has 2 aromatic carbocycles. The van der Waals surface area contributed by atoms with Gasteiger partial charge in [-0.2, -0.15) is 0 Å². The molecule has 4 N–H and O–H groups in total. The smallest absolute Gasteiger partial charge is 0.124 e. The molecule has 21 heavy (non-hydrogen) atoms. The molecule has 0 saturated carbocycles. The summed E-state index contributed by atoms with van der Waals surface area (Å²) in [6.07, 6.45) is 0.165. The summed E-state index contributed by atoms with van der Waals surface area (Å²) >= 11 is 11.9. The van der Waals surface area contributed by atoms with Crippen LogP contribution in [0, 0.1) is 0 Å². The number of aliphatic hydroxyl groups is 2. The fourth-order valence-corrected chi connectivity index (χ4v) is 2.68. The summed E-state index contributed by atoms with van der Waals surface area (Å²) in [6.45, 7) is -0.689. The van der Waals surface area contributed by atoms with E-state index in [9.17, 15) is 20.4 Å². The summed E-state index contributed by atoms with van der Waals surface area (Å²) in [7, 11) is 0. The average molecular weight is 329 g/mol. The minimum Gasteiger partial charge on any atom is -0.507 e. The first-order valence-corrected chi connectivity index (χ1v) is 6.94. The van der Waals surface area contributed by atoms with Crippen LogP contribution in [0.1, 0.15) is 22.3 Å². The molecule has 2 aromatic rings. The van der Waals surface area contributed by atoms with Crippen LogP contribution in [0.15, 0.2) is 24.3 Å². The third kappa shape index (κ3) is 3.41. The number of phenols is 2. The van der Waals surface area contributed by atoms with Gasteiger partial charge in [-0.05, 0) is 24.3 Å². The van der Waals surface area contributed by atoms with Crippen LogP contribution < -0.4 is 0 Å². The van der Waals surface area contributed by atoms with Gasteiger partial charge < -0.3 is 20.4 Å². The molecule has 0 bridgehead atoms. The molecule has 0 aliphatic carbocycles. The highest BCUT2D eigenvalue weighted by atomic mass is 35.5. The largest absolute Gasteiger partial charge is 0.507 e. The predicted molar refractivity (Wildman–Crippen MR) is 80.9 cm³/mol. The van der Waals surface area contributed by atoms with Gasteiger partial charge >= 0.3 is 0 Å². The van der Waals surface area contributed by atoms with Crippen LogP contribution in [0.5, 0.6) is 11.5 Å². The van der Waals surface area contributed by atoms with Gasteiger partial charge in [0.1, 0.15) is 11.5 Å². The average Bonchev–Trinajstić information content (AvgIpc) is 2.45. The molecule has 2 rings (SSSR count). The molecule has 0 fully saturated rings. The van der Waals surface area contributed by atoms with Crippen molar-refractivity contribution < 1.29 is 20.4 Å². The van der Waals surface area contributed by atoms with Gasteiger partial charge in [0.15, 0.2) is 0 Å². The zero-order chi connectivity index (χ0) is 15.6. The number of aliphatic hydroxyl groups excluding tert-OH is 2. The fourth-order valence-electron chi connectivity index (χ4n) is 2.15. The Balaban J connectivity index is 2.48. The topological polar surface area (TPSA) is 80.9 Å². The van der Waals surface area contributed by atoms with Gasteiger partial charge in [0.05, 0.1) is 13.2 Å². The normalized spacial score (nSPS) is 10.9. The Morgan fingerprint density at radius 1 is 0.667 bits per heavy atom. The Bertz CT molecular complexity index is 614. The highest BCUT2D eigenvalue weighted by molar-refractivity contribution is 6.31. The summed E-state index contributed by atoms with van der Waals surface area (Å²) in [5.41, 5.74) is 1.52. The van der Waals surface area contributed by atoms with E-state index < -0.39 is 0 Å². The molecule has 0 saturated heterocycles. The number of halogens is 2. The van der Waals surface area contributed by atoms with Gasteiger partial charge in [-0.25, -0.2) is 0 Å². The number of rotatable bonds is 4. The molecule has 0 atom stereocenters. The van der Waals surface area contributed by atoms with Crippen LogP contribution in [0.25, 0.3) is 0 Å². The number of aromatic hydroxyl groups is 2. The van der Waals surface area contributed by atoms with E-state index in [0.717, 1.165) is 0 Å². The molecule has 112 valence electrons. The molecule has 0 aliphatic rings. The van der Waals surface area contributed by atoms with Crippen molar-refractivity contribution in [2.75, 3.05) is 0 Å². The van der Waals surface area contributed by atoms with Gasteiger partial charge in [0, 0.05) is 38.7 Å². The van der Waals surface area contributed by atoms with Crippen molar-refractivity contribution in [2.24, 2.45) is 0 Å². The van der Waals surface area contributed by atoms with Crippen LogP contribution in [0.4, 0.5) is 0 Å². The van der Waals surface area contributed by atoms with Crippen LogP contribution >= 0.6 is 23.2 Å². The molecular formula is C15H14Cl2O4. The molecule has 0 aromatic heterocycles. The second kappa shape index (κ2) is 6.54. The number of hydrogen-bond acceptors (Lipinski definition) is 4. The van der Waals surface area contributed by atoms with E-state index in [0.29, 0.717) is 32.3 Å². The first-order valence-electron chi connectivity index (χ1n) is 6.18. The van der Waals surface area contributed by atoms with Gasteiger partial charge in [-0.3, -0.25) is 0 Å². The summed E-state index contributed by atoms with van der Waals surface area (Å²) in [6, 6.07) is 6.04. The van der Waals surface area contributed by atoms with Crippen molar-refractivity contribution in [1.29, 1.82) is 0 Å². The van der Waals surface area contributed by atoms with E-state index >= 15 is 0 Å². The third-order valence-corrected chi connectivity index (χ3v) is 3.62. The summed E-state index contributed by atoms with van der Waals surface area (Å²) in [5.74, 6) is -0.154. The van der Waals surface area contributed by atoms with E-state index in [1.54, 1.807) is 12.1 Å². The van der Waals surface area contributed by atoms with Crippen molar-refractivity contribution in [3.63, 3.8) is 0 Å². The van der Waals surface area contributed by atoms with E-state index in [-0.39, 0.29) is 31.1 Å². The maximum Gasteiger partial charge on any atom is 0.124 e. The van der Waals surface area contributed by atoms with Crippen LogP contribution in [-0.4, -0.2) is 20.4 Å². The van der Waals surface area contributed by atoms with Crippen molar-refractivity contribution in [2.45, 2.75) is 19.6 Å². The monoisotopic (exact) mass is 328 g/mol. The Kier molecular flexibility index (Phi) is 4.96.